The van der Waals surface area contributed by atoms with Gasteiger partial charge in [-0.2, -0.15) is 0 Å². The molecule has 0 unspecified atom stereocenters. The van der Waals surface area contributed by atoms with Gasteiger partial charge in [0.25, 0.3) is 0 Å². The number of benzene rings is 1. The lowest BCUT2D eigenvalue weighted by Crippen LogP contribution is -2.08. The summed E-state index contributed by atoms with van der Waals surface area (Å²) in [7, 11) is 0. The van der Waals surface area contributed by atoms with E-state index in [0.717, 1.165) is 35.8 Å². The lowest BCUT2D eigenvalue weighted by Gasteiger charge is -2.14. The molecule has 0 saturated heterocycles. The Hall–Kier alpha value is -1.06. The van der Waals surface area contributed by atoms with E-state index in [1.807, 2.05) is 0 Å². The average molecular weight is 249 g/mol. The first-order valence-corrected chi connectivity index (χ1v) is 6.71. The fourth-order valence-corrected chi connectivity index (χ4v) is 2.18. The molecule has 0 aromatic heterocycles. The quantitative estimate of drug-likeness (QED) is 0.596. The van der Waals surface area contributed by atoms with E-state index in [-0.39, 0.29) is 0 Å². The van der Waals surface area contributed by atoms with Crippen molar-refractivity contribution in [3.8, 4) is 5.75 Å². The van der Waals surface area contributed by atoms with Crippen molar-refractivity contribution in [2.45, 2.75) is 33.1 Å². The number of aryl methyl sites for hydroxylation is 2. The van der Waals surface area contributed by atoms with Gasteiger partial charge in [-0.05, 0) is 62.3 Å². The summed E-state index contributed by atoms with van der Waals surface area (Å²) < 4.78 is 11.2. The SMILES string of the molecule is Cc1cc(CCN)cc(C)c1OCOCC1CC1. The molecule has 1 saturated carbocycles. The summed E-state index contributed by atoms with van der Waals surface area (Å²) in [6, 6.07) is 4.30. The standard InChI is InChI=1S/C15H23NO2/c1-11-7-14(5-6-16)8-12(2)15(11)18-10-17-9-13-3-4-13/h7-8,13H,3-6,9-10,16H2,1-2H3. The van der Waals surface area contributed by atoms with E-state index in [1.54, 1.807) is 0 Å². The molecule has 3 heteroatoms. The molecule has 100 valence electrons. The Labute approximate surface area is 109 Å². The van der Waals surface area contributed by atoms with Crippen molar-refractivity contribution in [3.05, 3.63) is 28.8 Å². The van der Waals surface area contributed by atoms with Crippen molar-refractivity contribution in [3.63, 3.8) is 0 Å². The highest BCUT2D eigenvalue weighted by molar-refractivity contribution is 5.43. The van der Waals surface area contributed by atoms with Gasteiger partial charge in [0.1, 0.15) is 5.75 Å². The van der Waals surface area contributed by atoms with Gasteiger partial charge in [0, 0.05) is 0 Å². The van der Waals surface area contributed by atoms with E-state index < -0.39 is 0 Å². The molecule has 3 nitrogen and oxygen atoms in total. The fraction of sp³-hybridized carbons (Fsp3) is 0.600. The zero-order valence-corrected chi connectivity index (χ0v) is 11.4. The number of hydrogen-bond acceptors (Lipinski definition) is 3. The second-order valence-electron chi connectivity index (χ2n) is 5.17. The lowest BCUT2D eigenvalue weighted by atomic mass is 10.0. The first-order valence-electron chi connectivity index (χ1n) is 6.71. The molecule has 18 heavy (non-hydrogen) atoms. The van der Waals surface area contributed by atoms with Crippen molar-refractivity contribution in [1.29, 1.82) is 0 Å². The Balaban J connectivity index is 1.89. The molecule has 1 aliphatic rings. The summed E-state index contributed by atoms with van der Waals surface area (Å²) in [6.07, 6.45) is 3.54. The van der Waals surface area contributed by atoms with Crippen LogP contribution in [0.15, 0.2) is 12.1 Å². The zero-order chi connectivity index (χ0) is 13.0. The van der Waals surface area contributed by atoms with E-state index in [2.05, 4.69) is 26.0 Å². The van der Waals surface area contributed by atoms with Crippen LogP contribution in [0.25, 0.3) is 0 Å². The Morgan fingerprint density at radius 1 is 1.22 bits per heavy atom. The molecule has 1 fully saturated rings. The van der Waals surface area contributed by atoms with E-state index in [9.17, 15) is 0 Å². The maximum Gasteiger partial charge on any atom is 0.189 e. The third-order valence-corrected chi connectivity index (χ3v) is 3.29. The highest BCUT2D eigenvalue weighted by Gasteiger charge is 2.21. The predicted molar refractivity (Wildman–Crippen MR) is 72.8 cm³/mol. The first kappa shape index (κ1) is 13.4. The molecule has 0 spiro atoms. The maximum absolute atomic E-state index is 5.73. The van der Waals surface area contributed by atoms with Crippen LogP contribution in [0.5, 0.6) is 5.75 Å². The summed E-state index contributed by atoms with van der Waals surface area (Å²) in [5.41, 5.74) is 9.18. The molecule has 0 atom stereocenters. The average Bonchev–Trinajstić information content (AvgIpc) is 3.11. The molecule has 1 aromatic carbocycles. The largest absolute Gasteiger partial charge is 0.467 e. The number of nitrogens with two attached hydrogens (primary N) is 1. The normalized spacial score (nSPS) is 14.8. The minimum Gasteiger partial charge on any atom is -0.467 e. The van der Waals surface area contributed by atoms with E-state index in [1.165, 1.54) is 18.4 Å². The van der Waals surface area contributed by atoms with E-state index in [0.29, 0.717) is 13.3 Å². The van der Waals surface area contributed by atoms with Crippen molar-refractivity contribution in [2.75, 3.05) is 19.9 Å². The summed E-state index contributed by atoms with van der Waals surface area (Å²) in [5, 5.41) is 0. The van der Waals surface area contributed by atoms with Crippen LogP contribution in [0.4, 0.5) is 0 Å². The minimum atomic E-state index is 0.356. The molecule has 2 N–H and O–H groups in total. The van der Waals surface area contributed by atoms with Gasteiger partial charge in [-0.15, -0.1) is 0 Å². The molecule has 2 rings (SSSR count). The Bertz CT molecular complexity index is 376. The third-order valence-electron chi connectivity index (χ3n) is 3.29. The monoisotopic (exact) mass is 249 g/mol. The van der Waals surface area contributed by atoms with Crippen molar-refractivity contribution >= 4 is 0 Å². The fourth-order valence-electron chi connectivity index (χ4n) is 2.18. The Kier molecular flexibility index (Phi) is 4.61. The molecule has 0 heterocycles. The van der Waals surface area contributed by atoms with Crippen molar-refractivity contribution < 1.29 is 9.47 Å². The minimum absolute atomic E-state index is 0.356. The van der Waals surface area contributed by atoms with Crippen LogP contribution < -0.4 is 10.5 Å². The zero-order valence-electron chi connectivity index (χ0n) is 11.4. The van der Waals surface area contributed by atoms with Crippen LogP contribution in [-0.4, -0.2) is 19.9 Å². The molecular formula is C15H23NO2. The summed E-state index contributed by atoms with van der Waals surface area (Å²) >= 11 is 0. The van der Waals surface area contributed by atoms with Gasteiger partial charge in [0.05, 0.1) is 6.61 Å². The molecular weight excluding hydrogens is 226 g/mol. The molecule has 1 aliphatic carbocycles. The first-order chi connectivity index (χ1) is 8.70. The summed E-state index contributed by atoms with van der Waals surface area (Å²) in [5.74, 6) is 1.73. The number of hydrogen-bond donors (Lipinski definition) is 1. The van der Waals surface area contributed by atoms with Gasteiger partial charge in [0.2, 0.25) is 0 Å². The highest BCUT2D eigenvalue weighted by Crippen LogP contribution is 2.29. The Morgan fingerprint density at radius 2 is 1.89 bits per heavy atom. The molecule has 0 bridgehead atoms. The second-order valence-corrected chi connectivity index (χ2v) is 5.17. The number of ether oxygens (including phenoxy) is 2. The van der Waals surface area contributed by atoms with Gasteiger partial charge in [-0.25, -0.2) is 0 Å². The molecule has 0 amide bonds. The van der Waals surface area contributed by atoms with Gasteiger partial charge >= 0.3 is 0 Å². The molecule has 0 radical (unpaired) electrons. The highest BCUT2D eigenvalue weighted by atomic mass is 16.7. The van der Waals surface area contributed by atoms with Crippen LogP contribution in [0.2, 0.25) is 0 Å². The van der Waals surface area contributed by atoms with Gasteiger partial charge in [-0.1, -0.05) is 12.1 Å². The van der Waals surface area contributed by atoms with Crippen LogP contribution in [-0.2, 0) is 11.2 Å². The van der Waals surface area contributed by atoms with E-state index in [4.69, 9.17) is 15.2 Å². The summed E-state index contributed by atoms with van der Waals surface area (Å²) in [6.45, 7) is 6.02. The molecule has 1 aromatic rings. The Morgan fingerprint density at radius 3 is 2.44 bits per heavy atom. The van der Waals surface area contributed by atoms with Crippen LogP contribution in [0.1, 0.15) is 29.5 Å². The predicted octanol–water partition coefficient (Wildman–Crippen LogP) is 2.57. The summed E-state index contributed by atoms with van der Waals surface area (Å²) in [4.78, 5) is 0. The topological polar surface area (TPSA) is 44.5 Å². The third kappa shape index (κ3) is 3.72. The second kappa shape index (κ2) is 6.21. The van der Waals surface area contributed by atoms with Crippen LogP contribution in [0.3, 0.4) is 0 Å². The number of rotatable bonds is 7. The maximum atomic E-state index is 5.73. The van der Waals surface area contributed by atoms with E-state index >= 15 is 0 Å². The van der Waals surface area contributed by atoms with Crippen molar-refractivity contribution in [1.82, 2.24) is 0 Å². The van der Waals surface area contributed by atoms with Crippen LogP contribution >= 0.6 is 0 Å². The van der Waals surface area contributed by atoms with Crippen molar-refractivity contribution in [2.24, 2.45) is 11.7 Å². The smallest absolute Gasteiger partial charge is 0.189 e. The molecule has 0 aliphatic heterocycles. The van der Waals surface area contributed by atoms with Crippen LogP contribution in [0, 0.1) is 19.8 Å². The van der Waals surface area contributed by atoms with Gasteiger partial charge in [0.15, 0.2) is 6.79 Å². The van der Waals surface area contributed by atoms with Gasteiger partial charge < -0.3 is 15.2 Å². The lowest BCUT2D eigenvalue weighted by molar-refractivity contribution is 0.00923. The van der Waals surface area contributed by atoms with Gasteiger partial charge in [-0.3, -0.25) is 0 Å².